The van der Waals surface area contributed by atoms with Crippen molar-refractivity contribution >= 4 is 22.1 Å². The molecule has 5 nitrogen and oxygen atoms in total. The molecule has 0 spiro atoms. The highest BCUT2D eigenvalue weighted by Gasteiger charge is 2.24. The van der Waals surface area contributed by atoms with Gasteiger partial charge in [-0.15, -0.1) is 4.98 Å². The fourth-order valence-corrected chi connectivity index (χ4v) is 3.95. The summed E-state index contributed by atoms with van der Waals surface area (Å²) in [6, 6.07) is 11.8. The Balaban J connectivity index is 1.82. The van der Waals surface area contributed by atoms with Crippen LogP contribution >= 0.6 is 11.3 Å². The molecule has 0 radical (unpaired) electrons. The number of benzene rings is 1. The second kappa shape index (κ2) is 5.79. The summed E-state index contributed by atoms with van der Waals surface area (Å²) in [7, 11) is 2.13. The van der Waals surface area contributed by atoms with E-state index in [0.717, 1.165) is 47.4 Å². The van der Waals surface area contributed by atoms with E-state index < -0.39 is 0 Å². The van der Waals surface area contributed by atoms with Crippen molar-refractivity contribution in [2.75, 3.05) is 38.1 Å². The van der Waals surface area contributed by atoms with Crippen LogP contribution in [0, 0.1) is 0 Å². The van der Waals surface area contributed by atoms with Crippen LogP contribution in [0.5, 0.6) is 5.88 Å². The molecular weight excluding hydrogens is 308 g/mol. The number of hydrogen-bond acceptors (Lipinski definition) is 5. The van der Waals surface area contributed by atoms with Crippen molar-refractivity contribution in [1.82, 2.24) is 9.88 Å². The summed E-state index contributed by atoms with van der Waals surface area (Å²) in [6.45, 7) is 3.87. The SMILES string of the molecule is CN1CCN(c2ccnc3sc(-c4ccccc4)c([O-])[n+]23)CC1. The average Bonchev–Trinajstić information content (AvgIpc) is 2.94. The third-order valence-corrected chi connectivity index (χ3v) is 5.37. The Morgan fingerprint density at radius 1 is 1.09 bits per heavy atom. The monoisotopic (exact) mass is 326 g/mol. The maximum atomic E-state index is 13.0. The minimum absolute atomic E-state index is 0.0261. The first-order valence-electron chi connectivity index (χ1n) is 7.73. The third-order valence-electron chi connectivity index (χ3n) is 4.28. The van der Waals surface area contributed by atoms with Crippen LogP contribution in [0.4, 0.5) is 5.82 Å². The quantitative estimate of drug-likeness (QED) is 0.668. The number of anilines is 1. The molecular formula is C17H18N4OS. The molecule has 1 fully saturated rings. The zero-order valence-electron chi connectivity index (χ0n) is 13.0. The second-order valence-corrected chi connectivity index (χ2v) is 6.79. The largest absolute Gasteiger partial charge is 0.847 e. The van der Waals surface area contributed by atoms with Crippen LogP contribution < -0.4 is 14.4 Å². The van der Waals surface area contributed by atoms with Crippen molar-refractivity contribution in [3.8, 4) is 16.3 Å². The Morgan fingerprint density at radius 3 is 2.57 bits per heavy atom. The van der Waals surface area contributed by atoms with Gasteiger partial charge >= 0.3 is 4.96 Å². The zero-order chi connectivity index (χ0) is 15.8. The Hall–Kier alpha value is -2.18. The average molecular weight is 326 g/mol. The van der Waals surface area contributed by atoms with Gasteiger partial charge in [-0.05, 0) is 12.6 Å². The molecule has 0 aliphatic carbocycles. The van der Waals surface area contributed by atoms with Gasteiger partial charge in [0.1, 0.15) is 6.20 Å². The van der Waals surface area contributed by atoms with Gasteiger partial charge in [0, 0.05) is 19.2 Å². The van der Waals surface area contributed by atoms with Crippen molar-refractivity contribution in [2.24, 2.45) is 0 Å². The first-order chi connectivity index (χ1) is 11.2. The van der Waals surface area contributed by atoms with Crippen LogP contribution in [0.1, 0.15) is 0 Å². The van der Waals surface area contributed by atoms with Gasteiger partial charge in [-0.25, -0.2) is 0 Å². The van der Waals surface area contributed by atoms with Crippen LogP contribution in [0.25, 0.3) is 15.4 Å². The molecule has 118 valence electrons. The van der Waals surface area contributed by atoms with Gasteiger partial charge in [0.25, 0.3) is 0 Å². The summed E-state index contributed by atoms with van der Waals surface area (Å²) < 4.78 is 1.76. The highest BCUT2D eigenvalue weighted by molar-refractivity contribution is 7.20. The van der Waals surface area contributed by atoms with Gasteiger partial charge in [-0.2, -0.15) is 4.40 Å². The van der Waals surface area contributed by atoms with E-state index >= 15 is 0 Å². The van der Waals surface area contributed by atoms with Crippen molar-refractivity contribution in [1.29, 1.82) is 0 Å². The first-order valence-corrected chi connectivity index (χ1v) is 8.55. The van der Waals surface area contributed by atoms with Crippen LogP contribution in [0.3, 0.4) is 0 Å². The number of aromatic nitrogens is 2. The van der Waals surface area contributed by atoms with Gasteiger partial charge in [-0.3, -0.25) is 4.90 Å². The van der Waals surface area contributed by atoms with Crippen molar-refractivity contribution in [2.45, 2.75) is 0 Å². The molecule has 0 bridgehead atoms. The van der Waals surface area contributed by atoms with E-state index in [0.29, 0.717) is 0 Å². The van der Waals surface area contributed by atoms with E-state index in [1.807, 2.05) is 36.4 Å². The Kier molecular flexibility index (Phi) is 3.63. The second-order valence-electron chi connectivity index (χ2n) is 5.81. The minimum atomic E-state index is 0.0261. The Bertz CT molecular complexity index is 825. The van der Waals surface area contributed by atoms with E-state index in [9.17, 15) is 5.11 Å². The van der Waals surface area contributed by atoms with Gasteiger partial charge in [0.05, 0.1) is 23.8 Å². The standard InChI is InChI=1S/C17H18N4OS/c1-19-9-11-20(12-10-19)14-7-8-18-17-21(14)16(22)15(23-17)13-5-3-2-4-6-13/h2-8H,9-12H2,1H3. The Morgan fingerprint density at radius 2 is 1.83 bits per heavy atom. The van der Waals surface area contributed by atoms with Crippen molar-refractivity contribution < 1.29 is 9.51 Å². The molecule has 0 atom stereocenters. The van der Waals surface area contributed by atoms with E-state index in [1.165, 1.54) is 11.3 Å². The van der Waals surface area contributed by atoms with E-state index in [1.54, 1.807) is 10.6 Å². The molecule has 2 aromatic heterocycles. The van der Waals surface area contributed by atoms with Gasteiger partial charge in [0.2, 0.25) is 5.82 Å². The highest BCUT2D eigenvalue weighted by atomic mass is 32.1. The molecule has 1 aromatic carbocycles. The molecule has 0 unspecified atom stereocenters. The number of thiazole rings is 1. The summed E-state index contributed by atoms with van der Waals surface area (Å²) in [6.07, 6.45) is 1.80. The topological polar surface area (TPSA) is 46.5 Å². The maximum absolute atomic E-state index is 13.0. The molecule has 3 heterocycles. The molecule has 1 aliphatic rings. The van der Waals surface area contributed by atoms with Crippen LogP contribution in [-0.2, 0) is 0 Å². The lowest BCUT2D eigenvalue weighted by Gasteiger charge is -2.30. The Labute approximate surface area is 139 Å². The zero-order valence-corrected chi connectivity index (χ0v) is 13.8. The fourth-order valence-electron chi connectivity index (χ4n) is 2.95. The smallest absolute Gasteiger partial charge is 0.325 e. The van der Waals surface area contributed by atoms with Crippen LogP contribution in [-0.4, -0.2) is 43.1 Å². The summed E-state index contributed by atoms with van der Waals surface area (Å²) in [4.78, 5) is 10.5. The number of hydrogen-bond donors (Lipinski definition) is 0. The minimum Gasteiger partial charge on any atom is -0.847 e. The number of likely N-dealkylation sites (N-methyl/N-ethyl adjacent to an activating group) is 1. The number of nitrogens with zero attached hydrogens (tertiary/aromatic N) is 4. The highest BCUT2D eigenvalue weighted by Crippen LogP contribution is 2.33. The molecule has 3 aromatic rings. The molecule has 0 saturated carbocycles. The third kappa shape index (κ3) is 2.54. The summed E-state index contributed by atoms with van der Waals surface area (Å²) in [5.41, 5.74) is 0.956. The molecule has 1 saturated heterocycles. The van der Waals surface area contributed by atoms with Crippen molar-refractivity contribution in [3.63, 3.8) is 0 Å². The summed E-state index contributed by atoms with van der Waals surface area (Å²) in [5.74, 6) is 0.977. The lowest BCUT2D eigenvalue weighted by Crippen LogP contribution is -2.48. The first kappa shape index (κ1) is 14.4. The molecule has 23 heavy (non-hydrogen) atoms. The lowest BCUT2D eigenvalue weighted by molar-refractivity contribution is -0.571. The van der Waals surface area contributed by atoms with Gasteiger partial charge in [-0.1, -0.05) is 41.7 Å². The normalized spacial score (nSPS) is 16.1. The summed E-state index contributed by atoms with van der Waals surface area (Å²) in [5, 5.41) is 13.0. The molecule has 1 aliphatic heterocycles. The summed E-state index contributed by atoms with van der Waals surface area (Å²) >= 11 is 1.46. The van der Waals surface area contributed by atoms with Crippen LogP contribution in [0.15, 0.2) is 42.6 Å². The van der Waals surface area contributed by atoms with Crippen LogP contribution in [0.2, 0.25) is 0 Å². The predicted octanol–water partition coefficient (Wildman–Crippen LogP) is 1.37. The maximum Gasteiger partial charge on any atom is 0.325 e. The van der Waals surface area contributed by atoms with Gasteiger partial charge < -0.3 is 10.0 Å². The van der Waals surface area contributed by atoms with E-state index in [-0.39, 0.29) is 5.88 Å². The fraction of sp³-hybridized carbons (Fsp3) is 0.294. The number of fused-ring (bicyclic) bond motifs is 1. The molecule has 0 amide bonds. The predicted molar refractivity (Wildman–Crippen MR) is 89.9 cm³/mol. The number of rotatable bonds is 2. The molecule has 0 N–H and O–H groups in total. The van der Waals surface area contributed by atoms with Crippen molar-refractivity contribution in [3.05, 3.63) is 42.6 Å². The molecule has 6 heteroatoms. The molecule has 4 rings (SSSR count). The van der Waals surface area contributed by atoms with E-state index in [2.05, 4.69) is 21.8 Å². The number of piperazine rings is 1. The lowest BCUT2D eigenvalue weighted by atomic mass is 10.2. The van der Waals surface area contributed by atoms with Gasteiger partial charge in [0.15, 0.2) is 0 Å². The van der Waals surface area contributed by atoms with E-state index in [4.69, 9.17) is 0 Å².